The second-order valence-electron chi connectivity index (χ2n) is 4.99. The standard InChI is InChI=1S/C13H21N5O/c1-9(2)12-14-5-6-17(12)10(3)13-15-11(4)16-18(13)7-8-19/h5-6,9-10,19H,7-8H2,1-4H3/t10-/m1/s1. The molecule has 1 N–H and O–H groups in total. The maximum atomic E-state index is 9.10. The third-order valence-electron chi connectivity index (χ3n) is 3.12. The third-order valence-corrected chi connectivity index (χ3v) is 3.12. The molecule has 2 aromatic rings. The van der Waals surface area contributed by atoms with Gasteiger partial charge in [-0.3, -0.25) is 0 Å². The van der Waals surface area contributed by atoms with Gasteiger partial charge < -0.3 is 9.67 Å². The number of hydrogen-bond acceptors (Lipinski definition) is 4. The van der Waals surface area contributed by atoms with E-state index in [0.717, 1.165) is 17.5 Å². The Hall–Kier alpha value is -1.69. The lowest BCUT2D eigenvalue weighted by Crippen LogP contribution is -2.18. The van der Waals surface area contributed by atoms with Gasteiger partial charge in [0, 0.05) is 18.3 Å². The quantitative estimate of drug-likeness (QED) is 0.887. The first-order valence-corrected chi connectivity index (χ1v) is 6.59. The van der Waals surface area contributed by atoms with E-state index in [0.29, 0.717) is 12.5 Å². The Bertz CT molecular complexity index is 543. The SMILES string of the molecule is Cc1nc([C@@H](C)n2ccnc2C(C)C)n(CCO)n1. The van der Waals surface area contributed by atoms with E-state index < -0.39 is 0 Å². The molecule has 0 spiro atoms. The molecule has 0 bridgehead atoms. The van der Waals surface area contributed by atoms with Crippen LogP contribution in [-0.2, 0) is 6.54 Å². The monoisotopic (exact) mass is 263 g/mol. The molecule has 0 fully saturated rings. The average molecular weight is 263 g/mol. The summed E-state index contributed by atoms with van der Waals surface area (Å²) in [5.74, 6) is 2.96. The molecule has 2 aromatic heterocycles. The maximum Gasteiger partial charge on any atom is 0.150 e. The van der Waals surface area contributed by atoms with E-state index in [1.54, 1.807) is 4.68 Å². The van der Waals surface area contributed by atoms with Crippen molar-refractivity contribution in [3.63, 3.8) is 0 Å². The molecule has 0 saturated carbocycles. The summed E-state index contributed by atoms with van der Waals surface area (Å²) >= 11 is 0. The van der Waals surface area contributed by atoms with Crippen LogP contribution in [0.15, 0.2) is 12.4 Å². The number of aromatic nitrogens is 5. The predicted octanol–water partition coefficient (Wildman–Crippen LogP) is 1.51. The highest BCUT2D eigenvalue weighted by Gasteiger charge is 2.19. The minimum absolute atomic E-state index is 0.0487. The van der Waals surface area contributed by atoms with Crippen molar-refractivity contribution in [1.82, 2.24) is 24.3 Å². The van der Waals surface area contributed by atoms with Gasteiger partial charge >= 0.3 is 0 Å². The van der Waals surface area contributed by atoms with E-state index in [1.165, 1.54) is 0 Å². The van der Waals surface area contributed by atoms with Gasteiger partial charge in [0.25, 0.3) is 0 Å². The predicted molar refractivity (Wildman–Crippen MR) is 72.0 cm³/mol. The van der Waals surface area contributed by atoms with E-state index in [2.05, 4.69) is 40.4 Å². The van der Waals surface area contributed by atoms with Crippen molar-refractivity contribution >= 4 is 0 Å². The van der Waals surface area contributed by atoms with Gasteiger partial charge in [-0.05, 0) is 13.8 Å². The molecule has 0 aliphatic carbocycles. The van der Waals surface area contributed by atoms with Crippen molar-refractivity contribution in [2.75, 3.05) is 6.61 Å². The fraction of sp³-hybridized carbons (Fsp3) is 0.615. The van der Waals surface area contributed by atoms with Crippen LogP contribution in [0.5, 0.6) is 0 Å². The molecule has 19 heavy (non-hydrogen) atoms. The Morgan fingerprint density at radius 1 is 1.26 bits per heavy atom. The van der Waals surface area contributed by atoms with Gasteiger partial charge in [0.2, 0.25) is 0 Å². The maximum absolute atomic E-state index is 9.10. The summed E-state index contributed by atoms with van der Waals surface area (Å²) < 4.78 is 3.88. The number of aliphatic hydroxyl groups is 1. The minimum atomic E-state index is 0.0487. The lowest BCUT2D eigenvalue weighted by molar-refractivity contribution is 0.264. The van der Waals surface area contributed by atoms with Crippen LogP contribution in [0.1, 0.15) is 50.2 Å². The molecular weight excluding hydrogens is 242 g/mol. The molecule has 0 aliphatic heterocycles. The highest BCUT2D eigenvalue weighted by atomic mass is 16.3. The molecule has 0 radical (unpaired) electrons. The molecule has 0 amide bonds. The molecule has 1 atom stereocenters. The summed E-state index contributed by atoms with van der Waals surface area (Å²) in [4.78, 5) is 8.88. The fourth-order valence-corrected chi connectivity index (χ4v) is 2.26. The summed E-state index contributed by atoms with van der Waals surface area (Å²) in [5.41, 5.74) is 0. The van der Waals surface area contributed by atoms with Crippen molar-refractivity contribution in [2.45, 2.75) is 46.2 Å². The zero-order chi connectivity index (χ0) is 14.0. The largest absolute Gasteiger partial charge is 0.394 e. The number of nitrogens with zero attached hydrogens (tertiary/aromatic N) is 5. The first kappa shape index (κ1) is 13.7. The highest BCUT2D eigenvalue weighted by Crippen LogP contribution is 2.22. The molecule has 0 unspecified atom stereocenters. The molecule has 0 aromatic carbocycles. The lowest BCUT2D eigenvalue weighted by Gasteiger charge is -2.18. The summed E-state index contributed by atoms with van der Waals surface area (Å²) in [6, 6.07) is 0.0487. The molecule has 6 heteroatoms. The van der Waals surface area contributed by atoms with Crippen LogP contribution < -0.4 is 0 Å². The second-order valence-corrected chi connectivity index (χ2v) is 4.99. The Labute approximate surface area is 113 Å². The van der Waals surface area contributed by atoms with E-state index in [9.17, 15) is 0 Å². The molecule has 2 heterocycles. The number of hydrogen-bond donors (Lipinski definition) is 1. The summed E-state index contributed by atoms with van der Waals surface area (Å²) in [7, 11) is 0. The van der Waals surface area contributed by atoms with E-state index >= 15 is 0 Å². The van der Waals surface area contributed by atoms with E-state index in [1.807, 2.05) is 19.3 Å². The van der Waals surface area contributed by atoms with Crippen LogP contribution in [0.4, 0.5) is 0 Å². The highest BCUT2D eigenvalue weighted by molar-refractivity contribution is 5.07. The summed E-state index contributed by atoms with van der Waals surface area (Å²) in [6.07, 6.45) is 3.78. The van der Waals surface area contributed by atoms with Gasteiger partial charge in [-0.25, -0.2) is 14.6 Å². The third kappa shape index (κ3) is 2.68. The van der Waals surface area contributed by atoms with Crippen molar-refractivity contribution in [3.8, 4) is 0 Å². The lowest BCUT2D eigenvalue weighted by atomic mass is 10.2. The number of aliphatic hydroxyl groups excluding tert-OH is 1. The molecule has 2 rings (SSSR count). The van der Waals surface area contributed by atoms with Crippen LogP contribution in [0.25, 0.3) is 0 Å². The zero-order valence-corrected chi connectivity index (χ0v) is 11.9. The van der Waals surface area contributed by atoms with E-state index in [4.69, 9.17) is 5.11 Å². The Morgan fingerprint density at radius 2 is 2.00 bits per heavy atom. The van der Waals surface area contributed by atoms with Gasteiger partial charge in [-0.15, -0.1) is 0 Å². The summed E-state index contributed by atoms with van der Waals surface area (Å²) in [5, 5.41) is 13.4. The van der Waals surface area contributed by atoms with Crippen LogP contribution in [-0.4, -0.2) is 36.0 Å². The molecule has 6 nitrogen and oxygen atoms in total. The fourth-order valence-electron chi connectivity index (χ4n) is 2.26. The van der Waals surface area contributed by atoms with Gasteiger partial charge in [-0.2, -0.15) is 5.10 Å². The number of aryl methyl sites for hydroxylation is 1. The number of imidazole rings is 1. The van der Waals surface area contributed by atoms with Crippen molar-refractivity contribution in [2.24, 2.45) is 0 Å². The van der Waals surface area contributed by atoms with Gasteiger partial charge in [0.15, 0.2) is 0 Å². The Kier molecular flexibility index (Phi) is 3.99. The topological polar surface area (TPSA) is 68.8 Å². The first-order chi connectivity index (χ1) is 9.04. The molecule has 0 saturated heterocycles. The van der Waals surface area contributed by atoms with Gasteiger partial charge in [0.1, 0.15) is 17.5 Å². The minimum Gasteiger partial charge on any atom is -0.394 e. The summed E-state index contributed by atoms with van der Waals surface area (Å²) in [6.45, 7) is 8.70. The Balaban J connectivity index is 2.38. The van der Waals surface area contributed by atoms with Crippen molar-refractivity contribution in [3.05, 3.63) is 29.9 Å². The molecule has 0 aliphatic rings. The van der Waals surface area contributed by atoms with Gasteiger partial charge in [-0.1, -0.05) is 13.8 Å². The zero-order valence-electron chi connectivity index (χ0n) is 11.9. The Morgan fingerprint density at radius 3 is 2.63 bits per heavy atom. The van der Waals surface area contributed by atoms with Crippen molar-refractivity contribution in [1.29, 1.82) is 0 Å². The van der Waals surface area contributed by atoms with Crippen LogP contribution in [0.2, 0.25) is 0 Å². The first-order valence-electron chi connectivity index (χ1n) is 6.59. The van der Waals surface area contributed by atoms with Crippen molar-refractivity contribution < 1.29 is 5.11 Å². The smallest absolute Gasteiger partial charge is 0.150 e. The van der Waals surface area contributed by atoms with Crippen LogP contribution in [0.3, 0.4) is 0 Å². The normalized spacial score (nSPS) is 13.2. The molecule has 104 valence electrons. The van der Waals surface area contributed by atoms with Crippen LogP contribution in [0, 0.1) is 6.92 Å². The second kappa shape index (κ2) is 5.52. The molecular formula is C13H21N5O. The van der Waals surface area contributed by atoms with Gasteiger partial charge in [0.05, 0.1) is 19.2 Å². The van der Waals surface area contributed by atoms with E-state index in [-0.39, 0.29) is 12.6 Å². The average Bonchev–Trinajstić information content (AvgIpc) is 2.95. The number of rotatable bonds is 5. The van der Waals surface area contributed by atoms with Crippen LogP contribution >= 0.6 is 0 Å².